The van der Waals surface area contributed by atoms with Crippen molar-refractivity contribution in [3.05, 3.63) is 23.7 Å². The number of carbonyl (C=O) groups excluding carboxylic acids is 1. The molecule has 1 atom stereocenters. The number of furan rings is 1. The summed E-state index contributed by atoms with van der Waals surface area (Å²) in [4.78, 5) is 24.9. The van der Waals surface area contributed by atoms with Crippen LogP contribution >= 0.6 is 0 Å². The fraction of sp³-hybridized carbons (Fsp3) is 0.571. The van der Waals surface area contributed by atoms with Crippen molar-refractivity contribution in [2.75, 3.05) is 13.1 Å². The Morgan fingerprint density at radius 3 is 2.95 bits per heavy atom. The molecule has 1 saturated heterocycles. The number of carboxylic acid groups (broad SMARTS) is 1. The zero-order chi connectivity index (χ0) is 13.8. The van der Waals surface area contributed by atoms with Crippen molar-refractivity contribution in [2.45, 2.75) is 32.6 Å². The van der Waals surface area contributed by atoms with Crippen LogP contribution in [-0.2, 0) is 11.2 Å². The minimum absolute atomic E-state index is 0.112. The number of amides is 1. The zero-order valence-corrected chi connectivity index (χ0v) is 11.1. The molecule has 2 heterocycles. The molecule has 5 heteroatoms. The lowest BCUT2D eigenvalue weighted by atomic mass is 10.0. The minimum Gasteiger partial charge on any atom is -0.481 e. The van der Waals surface area contributed by atoms with E-state index in [0.717, 1.165) is 32.4 Å². The van der Waals surface area contributed by atoms with E-state index in [1.807, 2.05) is 0 Å². The van der Waals surface area contributed by atoms with E-state index in [9.17, 15) is 9.59 Å². The summed E-state index contributed by atoms with van der Waals surface area (Å²) < 4.78 is 5.11. The third kappa shape index (κ3) is 3.36. The van der Waals surface area contributed by atoms with Crippen LogP contribution in [0.1, 0.15) is 42.3 Å². The van der Waals surface area contributed by atoms with Crippen LogP contribution in [0.15, 0.2) is 16.7 Å². The SMILES string of the molecule is CC1CCCN(C(=O)c2ccoc2CC(=O)O)CC1. The van der Waals surface area contributed by atoms with E-state index in [2.05, 4.69) is 6.92 Å². The summed E-state index contributed by atoms with van der Waals surface area (Å²) in [5.41, 5.74) is 0.386. The second kappa shape index (κ2) is 5.91. The fourth-order valence-corrected chi connectivity index (χ4v) is 2.44. The van der Waals surface area contributed by atoms with Gasteiger partial charge in [-0.05, 0) is 31.2 Å². The molecule has 19 heavy (non-hydrogen) atoms. The second-order valence-electron chi connectivity index (χ2n) is 5.16. The molecule has 2 rings (SSSR count). The molecule has 1 fully saturated rings. The van der Waals surface area contributed by atoms with Crippen molar-refractivity contribution >= 4 is 11.9 Å². The Morgan fingerprint density at radius 1 is 1.42 bits per heavy atom. The number of hydrogen-bond acceptors (Lipinski definition) is 3. The van der Waals surface area contributed by atoms with Gasteiger partial charge in [-0.15, -0.1) is 0 Å². The molecule has 1 aromatic rings. The van der Waals surface area contributed by atoms with Gasteiger partial charge in [0, 0.05) is 13.1 Å². The molecule has 0 radical (unpaired) electrons. The number of hydrogen-bond donors (Lipinski definition) is 1. The number of rotatable bonds is 3. The number of likely N-dealkylation sites (tertiary alicyclic amines) is 1. The molecule has 1 unspecified atom stereocenters. The van der Waals surface area contributed by atoms with Crippen molar-refractivity contribution in [1.29, 1.82) is 0 Å². The maximum absolute atomic E-state index is 12.4. The summed E-state index contributed by atoms with van der Waals surface area (Å²) in [6.45, 7) is 3.67. The summed E-state index contributed by atoms with van der Waals surface area (Å²) in [5.74, 6) is -0.219. The van der Waals surface area contributed by atoms with Crippen molar-refractivity contribution in [3.63, 3.8) is 0 Å². The number of carboxylic acids is 1. The van der Waals surface area contributed by atoms with Crippen molar-refractivity contribution in [2.24, 2.45) is 5.92 Å². The van der Waals surface area contributed by atoms with Gasteiger partial charge in [0.25, 0.3) is 5.91 Å². The summed E-state index contributed by atoms with van der Waals surface area (Å²) in [6, 6.07) is 1.56. The molecule has 0 bridgehead atoms. The average Bonchev–Trinajstić information content (AvgIpc) is 2.68. The van der Waals surface area contributed by atoms with Crippen LogP contribution in [0.2, 0.25) is 0 Å². The summed E-state index contributed by atoms with van der Waals surface area (Å²) in [6.07, 6.45) is 4.26. The van der Waals surface area contributed by atoms with Crippen LogP contribution in [0.25, 0.3) is 0 Å². The minimum atomic E-state index is -0.992. The highest BCUT2D eigenvalue weighted by molar-refractivity contribution is 5.96. The Morgan fingerprint density at radius 2 is 2.21 bits per heavy atom. The Labute approximate surface area is 112 Å². The Hall–Kier alpha value is -1.78. The Bertz CT molecular complexity index is 466. The summed E-state index contributed by atoms with van der Waals surface area (Å²) in [7, 11) is 0. The molecule has 5 nitrogen and oxygen atoms in total. The van der Waals surface area contributed by atoms with E-state index >= 15 is 0 Å². The van der Waals surface area contributed by atoms with Crippen LogP contribution in [0.5, 0.6) is 0 Å². The van der Waals surface area contributed by atoms with Gasteiger partial charge in [-0.3, -0.25) is 9.59 Å². The Kier molecular flexibility index (Phi) is 4.24. The lowest BCUT2D eigenvalue weighted by Gasteiger charge is -2.20. The second-order valence-corrected chi connectivity index (χ2v) is 5.16. The van der Waals surface area contributed by atoms with Gasteiger partial charge < -0.3 is 14.4 Å². The molecule has 1 N–H and O–H groups in total. The van der Waals surface area contributed by atoms with Gasteiger partial charge in [-0.1, -0.05) is 6.92 Å². The molecule has 104 valence electrons. The highest BCUT2D eigenvalue weighted by Crippen LogP contribution is 2.20. The first kappa shape index (κ1) is 13.6. The topological polar surface area (TPSA) is 70.8 Å². The van der Waals surface area contributed by atoms with Crippen LogP contribution in [-0.4, -0.2) is 35.0 Å². The smallest absolute Gasteiger partial charge is 0.311 e. The van der Waals surface area contributed by atoms with E-state index < -0.39 is 5.97 Å². The van der Waals surface area contributed by atoms with E-state index in [-0.39, 0.29) is 18.1 Å². The first-order valence-electron chi connectivity index (χ1n) is 6.65. The third-order valence-corrected chi connectivity index (χ3v) is 3.59. The Balaban J connectivity index is 2.10. The van der Waals surface area contributed by atoms with Crippen molar-refractivity contribution in [3.8, 4) is 0 Å². The summed E-state index contributed by atoms with van der Waals surface area (Å²) in [5, 5.41) is 8.80. The standard InChI is InChI=1S/C14H19NO4/c1-10-3-2-6-15(7-4-10)14(18)11-5-8-19-12(11)9-13(16)17/h5,8,10H,2-4,6-7,9H2,1H3,(H,16,17). The third-order valence-electron chi connectivity index (χ3n) is 3.59. The predicted molar refractivity (Wildman–Crippen MR) is 69.0 cm³/mol. The van der Waals surface area contributed by atoms with Crippen molar-refractivity contribution < 1.29 is 19.1 Å². The summed E-state index contributed by atoms with van der Waals surface area (Å²) >= 11 is 0. The number of carbonyl (C=O) groups is 2. The molecule has 0 aliphatic carbocycles. The maximum atomic E-state index is 12.4. The van der Waals surface area contributed by atoms with Gasteiger partial charge in [0.05, 0.1) is 11.8 Å². The number of nitrogens with zero attached hydrogens (tertiary/aromatic N) is 1. The van der Waals surface area contributed by atoms with E-state index in [1.165, 1.54) is 6.26 Å². The highest BCUT2D eigenvalue weighted by Gasteiger charge is 2.24. The predicted octanol–water partition coefficient (Wildman–Crippen LogP) is 2.17. The van der Waals surface area contributed by atoms with Gasteiger partial charge >= 0.3 is 5.97 Å². The largest absolute Gasteiger partial charge is 0.481 e. The molecule has 1 aromatic heterocycles. The molecular weight excluding hydrogens is 246 g/mol. The lowest BCUT2D eigenvalue weighted by molar-refractivity contribution is -0.136. The molecule has 0 saturated carbocycles. The maximum Gasteiger partial charge on any atom is 0.311 e. The van der Waals surface area contributed by atoms with E-state index in [4.69, 9.17) is 9.52 Å². The lowest BCUT2D eigenvalue weighted by Crippen LogP contribution is -2.32. The molecule has 0 spiro atoms. The fourth-order valence-electron chi connectivity index (χ4n) is 2.44. The zero-order valence-electron chi connectivity index (χ0n) is 11.1. The molecule has 0 aromatic carbocycles. The normalized spacial score (nSPS) is 20.1. The first-order chi connectivity index (χ1) is 9.08. The van der Waals surface area contributed by atoms with Gasteiger partial charge in [-0.2, -0.15) is 0 Å². The monoisotopic (exact) mass is 265 g/mol. The van der Waals surface area contributed by atoms with Gasteiger partial charge in [0.1, 0.15) is 12.2 Å². The molecule has 1 aliphatic heterocycles. The van der Waals surface area contributed by atoms with Gasteiger partial charge in [0.15, 0.2) is 0 Å². The van der Waals surface area contributed by atoms with E-state index in [0.29, 0.717) is 11.5 Å². The number of aliphatic carboxylic acids is 1. The van der Waals surface area contributed by atoms with Crippen LogP contribution in [0.3, 0.4) is 0 Å². The highest BCUT2D eigenvalue weighted by atomic mass is 16.4. The van der Waals surface area contributed by atoms with Crippen LogP contribution in [0, 0.1) is 5.92 Å². The van der Waals surface area contributed by atoms with Crippen molar-refractivity contribution in [1.82, 2.24) is 4.90 Å². The molecular formula is C14H19NO4. The van der Waals surface area contributed by atoms with Gasteiger partial charge in [0.2, 0.25) is 0 Å². The van der Waals surface area contributed by atoms with E-state index in [1.54, 1.807) is 11.0 Å². The average molecular weight is 265 g/mol. The van der Waals surface area contributed by atoms with Gasteiger partial charge in [-0.25, -0.2) is 0 Å². The first-order valence-corrected chi connectivity index (χ1v) is 6.65. The molecule has 1 amide bonds. The van der Waals surface area contributed by atoms with Crippen LogP contribution < -0.4 is 0 Å². The quantitative estimate of drug-likeness (QED) is 0.909. The van der Waals surface area contributed by atoms with Crippen LogP contribution in [0.4, 0.5) is 0 Å². The molecule has 1 aliphatic rings.